The van der Waals surface area contributed by atoms with E-state index >= 15 is 0 Å². The van der Waals surface area contributed by atoms with E-state index in [1.165, 1.54) is 17.4 Å². The van der Waals surface area contributed by atoms with Gasteiger partial charge in [0.05, 0.1) is 35.5 Å². The zero-order chi connectivity index (χ0) is 22.7. The summed E-state index contributed by atoms with van der Waals surface area (Å²) in [5, 5.41) is 11.1. The van der Waals surface area contributed by atoms with Gasteiger partial charge >= 0.3 is 0 Å². The van der Waals surface area contributed by atoms with Crippen molar-refractivity contribution in [1.82, 2.24) is 14.5 Å². The summed E-state index contributed by atoms with van der Waals surface area (Å²) >= 11 is 7.13. The van der Waals surface area contributed by atoms with Gasteiger partial charge in [-0.3, -0.25) is 9.59 Å². The fraction of sp³-hybridized carbons (Fsp3) is 0.318. The summed E-state index contributed by atoms with van der Waals surface area (Å²) in [6.07, 6.45) is 1.37. The number of carbonyl (C=O) groups excluding carboxylic acids is 1. The monoisotopic (exact) mass is 475 g/mol. The molecule has 0 saturated carbocycles. The third-order valence-electron chi connectivity index (χ3n) is 5.87. The van der Waals surface area contributed by atoms with Gasteiger partial charge in [0.2, 0.25) is 5.43 Å². The van der Waals surface area contributed by atoms with Crippen molar-refractivity contribution in [3.63, 3.8) is 0 Å². The second-order valence-corrected chi connectivity index (χ2v) is 9.48. The Labute approximate surface area is 191 Å². The predicted octanol–water partition coefficient (Wildman–Crippen LogP) is 3.57. The molecule has 166 valence electrons. The second kappa shape index (κ2) is 7.68. The lowest BCUT2D eigenvalue weighted by Crippen LogP contribution is -2.48. The highest BCUT2D eigenvalue weighted by Crippen LogP contribution is 2.34. The van der Waals surface area contributed by atoms with E-state index in [1.54, 1.807) is 34.7 Å². The van der Waals surface area contributed by atoms with Crippen molar-refractivity contribution in [3.05, 3.63) is 67.3 Å². The number of aryl methyl sites for hydroxylation is 1. The van der Waals surface area contributed by atoms with Gasteiger partial charge in [-0.25, -0.2) is 9.37 Å². The van der Waals surface area contributed by atoms with Crippen LogP contribution < -0.4 is 5.43 Å². The number of amides is 1. The molecule has 10 heteroatoms. The van der Waals surface area contributed by atoms with Crippen LogP contribution in [-0.4, -0.2) is 44.3 Å². The van der Waals surface area contributed by atoms with E-state index < -0.39 is 29.1 Å². The normalized spacial score (nSPS) is 19.9. The van der Waals surface area contributed by atoms with Crippen molar-refractivity contribution in [2.75, 3.05) is 6.61 Å². The number of rotatable bonds is 3. The molecule has 1 N–H and O–H groups in total. The van der Waals surface area contributed by atoms with Crippen LogP contribution in [0.2, 0.25) is 5.02 Å². The first kappa shape index (κ1) is 21.1. The second-order valence-electron chi connectivity index (χ2n) is 7.99. The molecule has 1 fully saturated rings. The molecule has 4 heterocycles. The van der Waals surface area contributed by atoms with Gasteiger partial charge in [0, 0.05) is 17.5 Å². The fourth-order valence-electron chi connectivity index (χ4n) is 4.19. The average Bonchev–Trinajstić information content (AvgIpc) is 3.30. The molecule has 7 nitrogen and oxygen atoms in total. The Bertz CT molecular complexity index is 1320. The number of pyridine rings is 1. The zero-order valence-electron chi connectivity index (χ0n) is 17.3. The van der Waals surface area contributed by atoms with Crippen LogP contribution in [0, 0.1) is 12.7 Å². The number of hydrogen-bond acceptors (Lipinski definition) is 6. The summed E-state index contributed by atoms with van der Waals surface area (Å²) in [6.45, 7) is 4.34. The number of aromatic nitrogens is 2. The molecule has 2 aliphatic heterocycles. The SMILES string of the molecule is Cc1nc(-c2cn3c(c(O)c2=O)C(=O)N2[C@@H](C)CO[C@@H]2C3)sc1Cc1cccc(Cl)c1F. The Kier molecular flexibility index (Phi) is 5.07. The smallest absolute Gasteiger partial charge is 0.276 e. The minimum absolute atomic E-state index is 0.0400. The van der Waals surface area contributed by atoms with E-state index in [-0.39, 0.29) is 28.7 Å². The lowest BCUT2D eigenvalue weighted by Gasteiger charge is -2.33. The summed E-state index contributed by atoms with van der Waals surface area (Å²) in [5.41, 5.74) is 0.566. The lowest BCUT2D eigenvalue weighted by atomic mass is 10.1. The van der Waals surface area contributed by atoms with Crippen LogP contribution in [0.1, 0.15) is 33.5 Å². The number of ether oxygens (including phenoxy) is 1. The molecule has 2 atom stereocenters. The van der Waals surface area contributed by atoms with E-state index in [0.29, 0.717) is 29.4 Å². The maximum atomic E-state index is 14.3. The van der Waals surface area contributed by atoms with Gasteiger partial charge in [-0.1, -0.05) is 23.7 Å². The number of aromatic hydroxyl groups is 1. The maximum absolute atomic E-state index is 14.3. The van der Waals surface area contributed by atoms with Gasteiger partial charge in [0.15, 0.2) is 17.7 Å². The molecule has 0 unspecified atom stereocenters. The maximum Gasteiger partial charge on any atom is 0.276 e. The van der Waals surface area contributed by atoms with Crippen molar-refractivity contribution >= 4 is 28.8 Å². The number of benzene rings is 1. The molecule has 2 aliphatic rings. The quantitative estimate of drug-likeness (QED) is 0.626. The molecule has 5 rings (SSSR count). The van der Waals surface area contributed by atoms with Gasteiger partial charge in [0.1, 0.15) is 10.8 Å². The number of hydrogen-bond donors (Lipinski definition) is 1. The Morgan fingerprint density at radius 3 is 2.94 bits per heavy atom. The highest BCUT2D eigenvalue weighted by Gasteiger charge is 2.42. The summed E-state index contributed by atoms with van der Waals surface area (Å²) in [4.78, 5) is 32.7. The minimum atomic E-state index is -0.662. The van der Waals surface area contributed by atoms with Crippen LogP contribution in [0.5, 0.6) is 5.75 Å². The largest absolute Gasteiger partial charge is 0.503 e. The molecule has 32 heavy (non-hydrogen) atoms. The Morgan fingerprint density at radius 1 is 1.38 bits per heavy atom. The zero-order valence-corrected chi connectivity index (χ0v) is 18.8. The van der Waals surface area contributed by atoms with Crippen molar-refractivity contribution in [1.29, 1.82) is 0 Å². The van der Waals surface area contributed by atoms with E-state index in [0.717, 1.165) is 4.88 Å². The van der Waals surface area contributed by atoms with Gasteiger partial charge in [-0.2, -0.15) is 0 Å². The summed E-state index contributed by atoms with van der Waals surface area (Å²) in [6, 6.07) is 4.68. The van der Waals surface area contributed by atoms with Crippen LogP contribution in [0.15, 0.2) is 29.2 Å². The lowest BCUT2D eigenvalue weighted by molar-refractivity contribution is 0.00638. The summed E-state index contributed by atoms with van der Waals surface area (Å²) in [5.74, 6) is -1.51. The first-order valence-corrected chi connectivity index (χ1v) is 11.3. The summed E-state index contributed by atoms with van der Waals surface area (Å²) < 4.78 is 21.6. The molecule has 1 saturated heterocycles. The molecular weight excluding hydrogens is 457 g/mol. The molecule has 1 amide bonds. The molecule has 3 aromatic rings. The third kappa shape index (κ3) is 3.23. The standard InChI is InChI=1S/C22H19ClFN3O4S/c1-10-9-31-16-8-26-7-13(19(28)20(29)18(26)22(30)27(10)16)21-25-11(2)15(32-21)6-12-4-3-5-14(23)17(12)24/h3-5,7,10,16,29H,6,8-9H2,1-2H3/t10-,16+/m0/s1. The third-order valence-corrected chi connectivity index (χ3v) is 7.35. The number of carbonyl (C=O) groups is 1. The highest BCUT2D eigenvalue weighted by atomic mass is 35.5. The van der Waals surface area contributed by atoms with E-state index in [9.17, 15) is 19.1 Å². The number of fused-ring (bicyclic) bond motifs is 2. The van der Waals surface area contributed by atoms with Crippen molar-refractivity contribution in [3.8, 4) is 16.3 Å². The van der Waals surface area contributed by atoms with Crippen molar-refractivity contribution in [2.45, 2.75) is 39.1 Å². The van der Waals surface area contributed by atoms with Crippen molar-refractivity contribution in [2.24, 2.45) is 0 Å². The average molecular weight is 476 g/mol. The van der Waals surface area contributed by atoms with Gasteiger partial charge < -0.3 is 19.3 Å². The first-order chi connectivity index (χ1) is 15.3. The molecular formula is C22H19ClFN3O4S. The minimum Gasteiger partial charge on any atom is -0.503 e. The van der Waals surface area contributed by atoms with E-state index in [1.807, 2.05) is 6.92 Å². The first-order valence-electron chi connectivity index (χ1n) is 10.1. The molecule has 2 aromatic heterocycles. The predicted molar refractivity (Wildman–Crippen MR) is 118 cm³/mol. The van der Waals surface area contributed by atoms with Crippen LogP contribution in [0.4, 0.5) is 4.39 Å². The number of nitrogens with zero attached hydrogens (tertiary/aromatic N) is 3. The van der Waals surface area contributed by atoms with E-state index in [2.05, 4.69) is 4.98 Å². The Hall–Kier alpha value is -2.75. The fourth-order valence-corrected chi connectivity index (χ4v) is 5.48. The van der Waals surface area contributed by atoms with Crippen LogP contribution in [0.25, 0.3) is 10.6 Å². The van der Waals surface area contributed by atoms with Crippen LogP contribution in [-0.2, 0) is 17.7 Å². The molecule has 0 radical (unpaired) electrons. The molecule has 0 spiro atoms. The van der Waals surface area contributed by atoms with Gasteiger partial charge in [-0.15, -0.1) is 11.3 Å². The van der Waals surface area contributed by atoms with Gasteiger partial charge in [0.25, 0.3) is 5.91 Å². The van der Waals surface area contributed by atoms with Crippen molar-refractivity contribution < 1.29 is 19.0 Å². The highest BCUT2D eigenvalue weighted by molar-refractivity contribution is 7.15. The molecule has 0 aliphatic carbocycles. The Balaban J connectivity index is 1.55. The Morgan fingerprint density at radius 2 is 2.16 bits per heavy atom. The topological polar surface area (TPSA) is 84.7 Å². The van der Waals surface area contributed by atoms with Crippen LogP contribution in [0.3, 0.4) is 0 Å². The number of halogens is 2. The van der Waals surface area contributed by atoms with E-state index in [4.69, 9.17) is 16.3 Å². The van der Waals surface area contributed by atoms with Gasteiger partial charge in [-0.05, 0) is 25.5 Å². The summed E-state index contributed by atoms with van der Waals surface area (Å²) in [7, 11) is 0. The number of thiazole rings is 1. The molecule has 0 bridgehead atoms. The molecule has 1 aromatic carbocycles. The van der Waals surface area contributed by atoms with Crippen LogP contribution >= 0.6 is 22.9 Å².